The molecule has 1 N–H and O–H groups in total. The van der Waals surface area contributed by atoms with E-state index in [0.29, 0.717) is 12.8 Å². The third-order valence-corrected chi connectivity index (χ3v) is 4.25. The van der Waals surface area contributed by atoms with Crippen molar-refractivity contribution < 1.29 is 18.8 Å². The summed E-state index contributed by atoms with van der Waals surface area (Å²) in [6, 6.07) is 2.57. The largest absolute Gasteiger partial charge is 0.335 e. The summed E-state index contributed by atoms with van der Waals surface area (Å²) >= 11 is 5.77. The third kappa shape index (κ3) is 2.10. The fourth-order valence-electron chi connectivity index (χ4n) is 3.00. The number of carbonyl (C=O) groups is 3. The van der Waals surface area contributed by atoms with Gasteiger partial charge in [-0.2, -0.15) is 0 Å². The highest BCUT2D eigenvalue weighted by molar-refractivity contribution is 6.32. The molecule has 3 rings (SSSR count). The minimum absolute atomic E-state index is 0.0290. The molecule has 1 saturated carbocycles. The first-order valence-corrected chi connectivity index (χ1v) is 6.98. The van der Waals surface area contributed by atoms with Gasteiger partial charge < -0.3 is 0 Å². The Hall–Kier alpha value is -1.95. The Bertz CT molecular complexity index is 635. The van der Waals surface area contributed by atoms with E-state index in [0.717, 1.165) is 29.9 Å². The topological polar surface area (TPSA) is 66.5 Å². The van der Waals surface area contributed by atoms with Gasteiger partial charge in [-0.05, 0) is 31.0 Å². The summed E-state index contributed by atoms with van der Waals surface area (Å²) in [6.07, 6.45) is 2.27. The van der Waals surface area contributed by atoms with Gasteiger partial charge in [0.2, 0.25) is 5.91 Å². The monoisotopic (exact) mass is 310 g/mol. The van der Waals surface area contributed by atoms with Crippen molar-refractivity contribution >= 4 is 35.1 Å². The summed E-state index contributed by atoms with van der Waals surface area (Å²) in [4.78, 5) is 37.5. The van der Waals surface area contributed by atoms with Crippen molar-refractivity contribution in [3.63, 3.8) is 0 Å². The van der Waals surface area contributed by atoms with Crippen LogP contribution in [0.2, 0.25) is 5.02 Å². The van der Waals surface area contributed by atoms with Crippen LogP contribution in [0.1, 0.15) is 25.7 Å². The Morgan fingerprint density at radius 2 is 1.81 bits per heavy atom. The second-order valence-electron chi connectivity index (χ2n) is 5.32. The van der Waals surface area contributed by atoms with E-state index in [1.165, 1.54) is 6.07 Å². The Labute approximate surface area is 125 Å². The lowest BCUT2D eigenvalue weighted by molar-refractivity contribution is -0.142. The van der Waals surface area contributed by atoms with Crippen molar-refractivity contribution in [2.24, 2.45) is 5.41 Å². The van der Waals surface area contributed by atoms with Crippen LogP contribution in [0.5, 0.6) is 0 Å². The van der Waals surface area contributed by atoms with Crippen LogP contribution in [-0.4, -0.2) is 17.8 Å². The maximum Gasteiger partial charge on any atom is 0.335 e. The molecular formula is C14H12ClFN2O3. The molecule has 5 nitrogen and oxygen atoms in total. The zero-order valence-corrected chi connectivity index (χ0v) is 11.7. The molecule has 2 aliphatic rings. The molecule has 1 heterocycles. The summed E-state index contributed by atoms with van der Waals surface area (Å²) in [5.74, 6) is -1.82. The number of hydrogen-bond acceptors (Lipinski definition) is 3. The number of hydrogen-bond donors (Lipinski definition) is 1. The first-order valence-electron chi connectivity index (χ1n) is 6.60. The molecule has 21 heavy (non-hydrogen) atoms. The predicted molar refractivity (Wildman–Crippen MR) is 73.3 cm³/mol. The Morgan fingerprint density at radius 1 is 1.14 bits per heavy atom. The Kier molecular flexibility index (Phi) is 3.20. The average molecular weight is 311 g/mol. The van der Waals surface area contributed by atoms with E-state index >= 15 is 0 Å². The molecule has 0 aromatic heterocycles. The zero-order chi connectivity index (χ0) is 15.2. The van der Waals surface area contributed by atoms with Crippen LogP contribution in [0.3, 0.4) is 0 Å². The molecule has 7 heteroatoms. The zero-order valence-electron chi connectivity index (χ0n) is 11.0. The van der Waals surface area contributed by atoms with Crippen LogP contribution in [0.4, 0.5) is 14.9 Å². The van der Waals surface area contributed by atoms with Gasteiger partial charge in [0.1, 0.15) is 11.2 Å². The van der Waals surface area contributed by atoms with Crippen molar-refractivity contribution in [2.45, 2.75) is 25.7 Å². The quantitative estimate of drug-likeness (QED) is 0.811. The van der Waals surface area contributed by atoms with E-state index in [1.54, 1.807) is 0 Å². The van der Waals surface area contributed by atoms with E-state index < -0.39 is 29.1 Å². The molecule has 0 radical (unpaired) electrons. The number of carbonyl (C=O) groups excluding carboxylic acids is 3. The molecule has 1 aliphatic heterocycles. The van der Waals surface area contributed by atoms with Gasteiger partial charge in [0.25, 0.3) is 5.91 Å². The number of imide groups is 2. The molecule has 1 saturated heterocycles. The standard InChI is InChI=1S/C14H12ClFN2O3/c15-8-5-9(16)7-10(6-8)18-12(20)14(3-1-2-4-14)11(19)17-13(18)21/h5-7H,1-4H2,(H,17,19,21). The minimum atomic E-state index is -1.22. The number of barbiturate groups is 1. The van der Waals surface area contributed by atoms with Gasteiger partial charge in [-0.15, -0.1) is 0 Å². The summed E-state index contributed by atoms with van der Waals surface area (Å²) in [7, 11) is 0. The number of halogens is 2. The highest BCUT2D eigenvalue weighted by atomic mass is 35.5. The highest BCUT2D eigenvalue weighted by Gasteiger charge is 2.55. The van der Waals surface area contributed by atoms with Crippen molar-refractivity contribution in [1.82, 2.24) is 5.32 Å². The first-order chi connectivity index (χ1) is 9.94. The van der Waals surface area contributed by atoms with Crippen molar-refractivity contribution in [1.29, 1.82) is 0 Å². The lowest BCUT2D eigenvalue weighted by Gasteiger charge is -2.36. The molecule has 0 bridgehead atoms. The van der Waals surface area contributed by atoms with E-state index in [-0.39, 0.29) is 10.7 Å². The summed E-state index contributed by atoms with van der Waals surface area (Å²) in [5, 5.41) is 2.26. The second-order valence-corrected chi connectivity index (χ2v) is 5.75. The number of amides is 4. The molecule has 1 aliphatic carbocycles. The molecule has 0 unspecified atom stereocenters. The minimum Gasteiger partial charge on any atom is -0.276 e. The third-order valence-electron chi connectivity index (χ3n) is 4.03. The normalized spacial score (nSPS) is 21.0. The van der Waals surface area contributed by atoms with E-state index in [2.05, 4.69) is 5.32 Å². The predicted octanol–water partition coefficient (Wildman–Crippen LogP) is 2.62. The number of nitrogens with one attached hydrogen (secondary N) is 1. The number of rotatable bonds is 1. The van der Waals surface area contributed by atoms with Gasteiger partial charge in [0, 0.05) is 5.02 Å². The van der Waals surface area contributed by atoms with Gasteiger partial charge in [0.15, 0.2) is 0 Å². The molecule has 1 spiro atoms. The molecular weight excluding hydrogens is 299 g/mol. The average Bonchev–Trinajstić information content (AvgIpc) is 2.86. The SMILES string of the molecule is O=C1NC(=O)C2(CCCC2)C(=O)N1c1cc(F)cc(Cl)c1. The van der Waals surface area contributed by atoms with Crippen LogP contribution in [0, 0.1) is 11.2 Å². The van der Waals surface area contributed by atoms with Gasteiger partial charge in [-0.1, -0.05) is 24.4 Å². The highest BCUT2D eigenvalue weighted by Crippen LogP contribution is 2.43. The molecule has 0 atom stereocenters. The Balaban J connectivity index is 2.06. The molecule has 110 valence electrons. The summed E-state index contributed by atoms with van der Waals surface area (Å²) < 4.78 is 13.5. The maximum atomic E-state index is 13.5. The van der Waals surface area contributed by atoms with Crippen LogP contribution in [0.15, 0.2) is 18.2 Å². The van der Waals surface area contributed by atoms with Gasteiger partial charge in [0.05, 0.1) is 5.69 Å². The lowest BCUT2D eigenvalue weighted by Crippen LogP contribution is -2.63. The number of anilines is 1. The fraction of sp³-hybridized carbons (Fsp3) is 0.357. The van der Waals surface area contributed by atoms with Gasteiger partial charge >= 0.3 is 6.03 Å². The van der Waals surface area contributed by atoms with Crippen molar-refractivity contribution in [3.8, 4) is 0 Å². The van der Waals surface area contributed by atoms with Crippen LogP contribution in [0.25, 0.3) is 0 Å². The second kappa shape index (κ2) is 4.80. The molecule has 4 amide bonds. The van der Waals surface area contributed by atoms with Crippen molar-refractivity contribution in [3.05, 3.63) is 29.0 Å². The molecule has 1 aromatic carbocycles. The van der Waals surface area contributed by atoms with E-state index in [9.17, 15) is 18.8 Å². The van der Waals surface area contributed by atoms with Gasteiger partial charge in [-0.25, -0.2) is 14.1 Å². The number of benzene rings is 1. The fourth-order valence-corrected chi connectivity index (χ4v) is 3.21. The number of urea groups is 1. The summed E-state index contributed by atoms with van der Waals surface area (Å²) in [6.45, 7) is 0. The van der Waals surface area contributed by atoms with Crippen LogP contribution < -0.4 is 10.2 Å². The summed E-state index contributed by atoms with van der Waals surface area (Å²) in [5.41, 5.74) is -1.19. The van der Waals surface area contributed by atoms with Crippen LogP contribution >= 0.6 is 11.6 Å². The molecule has 1 aromatic rings. The smallest absolute Gasteiger partial charge is 0.276 e. The van der Waals surface area contributed by atoms with E-state index in [4.69, 9.17) is 11.6 Å². The number of nitrogens with zero attached hydrogens (tertiary/aromatic N) is 1. The maximum absolute atomic E-state index is 13.5. The van der Waals surface area contributed by atoms with Crippen LogP contribution in [-0.2, 0) is 9.59 Å². The Morgan fingerprint density at radius 3 is 2.43 bits per heavy atom. The van der Waals surface area contributed by atoms with Gasteiger partial charge in [-0.3, -0.25) is 14.9 Å². The van der Waals surface area contributed by atoms with Crippen molar-refractivity contribution in [2.75, 3.05) is 4.90 Å². The van der Waals surface area contributed by atoms with E-state index in [1.807, 2.05) is 0 Å². The first kappa shape index (κ1) is 14.0. The molecule has 2 fully saturated rings. The lowest BCUT2D eigenvalue weighted by atomic mass is 9.82.